The molecule has 2 fully saturated rings. The van der Waals surface area contributed by atoms with Crippen molar-refractivity contribution in [2.24, 2.45) is 11.7 Å². The molecule has 6 rings (SSSR count). The van der Waals surface area contributed by atoms with Crippen molar-refractivity contribution in [3.05, 3.63) is 65.9 Å². The summed E-state index contributed by atoms with van der Waals surface area (Å²) >= 11 is 0. The summed E-state index contributed by atoms with van der Waals surface area (Å²) in [5, 5.41) is 15.4. The molecule has 42 heavy (non-hydrogen) atoms. The number of aromatic nitrogens is 4. The number of anilines is 4. The maximum atomic E-state index is 14.8. The van der Waals surface area contributed by atoms with E-state index in [2.05, 4.69) is 37.6 Å². The van der Waals surface area contributed by atoms with Crippen molar-refractivity contribution >= 4 is 40.3 Å². The third-order valence-corrected chi connectivity index (χ3v) is 8.18. The summed E-state index contributed by atoms with van der Waals surface area (Å²) in [6.07, 6.45) is 6.00. The van der Waals surface area contributed by atoms with Gasteiger partial charge in [-0.25, -0.2) is 18.7 Å². The zero-order valence-electron chi connectivity index (χ0n) is 22.9. The number of benzene rings is 2. The number of carbonyl (C=O) groups is 1. The van der Waals surface area contributed by atoms with Crippen LogP contribution in [0.5, 0.6) is 0 Å². The van der Waals surface area contributed by atoms with E-state index in [9.17, 15) is 13.6 Å². The van der Waals surface area contributed by atoms with Crippen LogP contribution in [0, 0.1) is 28.9 Å². The van der Waals surface area contributed by atoms with E-state index in [4.69, 9.17) is 16.0 Å². The predicted octanol–water partition coefficient (Wildman–Crippen LogP) is 5.02. The molecule has 1 saturated heterocycles. The average Bonchev–Trinajstić information content (AvgIpc) is 3.36. The van der Waals surface area contributed by atoms with E-state index >= 15 is 0 Å². The molecule has 4 aromatic rings. The Morgan fingerprint density at radius 2 is 1.79 bits per heavy atom. The summed E-state index contributed by atoms with van der Waals surface area (Å²) in [7, 11) is 0. The molecule has 1 aliphatic carbocycles. The second kappa shape index (κ2) is 11.6. The molecule has 1 atom stereocenters. The van der Waals surface area contributed by atoms with E-state index in [1.54, 1.807) is 12.3 Å². The van der Waals surface area contributed by atoms with Gasteiger partial charge >= 0.3 is 0 Å². The quantitative estimate of drug-likeness (QED) is 0.281. The lowest BCUT2D eigenvalue weighted by Crippen LogP contribution is -2.42. The van der Waals surface area contributed by atoms with Gasteiger partial charge in [0.15, 0.2) is 17.3 Å². The summed E-state index contributed by atoms with van der Waals surface area (Å²) in [4.78, 5) is 28.1. The molecule has 0 unspecified atom stereocenters. The van der Waals surface area contributed by atoms with Gasteiger partial charge in [-0.1, -0.05) is 18.2 Å². The van der Waals surface area contributed by atoms with Gasteiger partial charge in [0.25, 0.3) is 0 Å². The van der Waals surface area contributed by atoms with Gasteiger partial charge in [0.1, 0.15) is 11.2 Å². The highest BCUT2D eigenvalue weighted by Gasteiger charge is 2.30. The summed E-state index contributed by atoms with van der Waals surface area (Å²) in [6, 6.07) is 14.0. The van der Waals surface area contributed by atoms with Crippen LogP contribution >= 0.6 is 0 Å². The van der Waals surface area contributed by atoms with Gasteiger partial charge in [-0.05, 0) is 62.8 Å². The number of para-hydroxylation sites is 1. The third kappa shape index (κ3) is 5.54. The highest BCUT2D eigenvalue weighted by Crippen LogP contribution is 2.37. The van der Waals surface area contributed by atoms with Crippen molar-refractivity contribution in [1.29, 1.82) is 5.26 Å². The van der Waals surface area contributed by atoms with Crippen molar-refractivity contribution in [1.82, 2.24) is 19.5 Å². The first-order chi connectivity index (χ1) is 20.4. The largest absolute Gasteiger partial charge is 0.369 e. The molecule has 1 aliphatic heterocycles. The van der Waals surface area contributed by atoms with Crippen molar-refractivity contribution in [2.45, 2.75) is 50.6 Å². The lowest BCUT2D eigenvalue weighted by atomic mass is 9.85. The monoisotopic (exact) mass is 571 g/mol. The number of carbonyl (C=O) groups excluding carboxylic acids is 1. The molecule has 2 aliphatic rings. The van der Waals surface area contributed by atoms with Crippen LogP contribution in [0.1, 0.15) is 50.1 Å². The Bertz CT molecular complexity index is 1620. The Labute approximate surface area is 241 Å². The third-order valence-electron chi connectivity index (χ3n) is 8.18. The van der Waals surface area contributed by atoms with Crippen LogP contribution in [-0.2, 0) is 4.79 Å². The summed E-state index contributed by atoms with van der Waals surface area (Å²) < 4.78 is 31.5. The molecule has 3 heterocycles. The number of primary amides is 1. The van der Waals surface area contributed by atoms with Gasteiger partial charge in [-0.15, -0.1) is 0 Å². The van der Waals surface area contributed by atoms with Crippen molar-refractivity contribution in [3.8, 4) is 6.07 Å². The first kappa shape index (κ1) is 27.4. The fraction of sp³-hybridized carbons (Fsp3) is 0.367. The van der Waals surface area contributed by atoms with E-state index < -0.39 is 17.3 Å². The number of nitrogens with one attached hydrogen (secondary N) is 2. The Kier molecular flexibility index (Phi) is 7.56. The standard InChI is InChI=1S/C30H31F2N9O/c31-23-13-18(15-33)14-24(32)26(23)38-30-37-25-16-35-29(36-20-5-4-12-40(17-20)21-6-2-1-3-7-21)39-28(25)41(30)22-10-8-19(9-11-22)27(34)42/h1-3,6-7,13-14,16,19-20,22H,4-5,8-12,17H2,(H2,34,42)(H,37,38)(H,35,36,39)/t19-,20-,22-/m1/s1. The fourth-order valence-corrected chi connectivity index (χ4v) is 6.03. The molecular weight excluding hydrogens is 540 g/mol. The van der Waals surface area contributed by atoms with Crippen LogP contribution in [0.4, 0.5) is 32.1 Å². The van der Waals surface area contributed by atoms with Crippen LogP contribution in [0.3, 0.4) is 0 Å². The van der Waals surface area contributed by atoms with Gasteiger partial charge in [-0.2, -0.15) is 10.2 Å². The van der Waals surface area contributed by atoms with E-state index in [0.717, 1.165) is 38.1 Å². The lowest BCUT2D eigenvalue weighted by molar-refractivity contribution is -0.122. The highest BCUT2D eigenvalue weighted by molar-refractivity contribution is 5.78. The first-order valence-electron chi connectivity index (χ1n) is 14.2. The van der Waals surface area contributed by atoms with Gasteiger partial charge in [-0.3, -0.25) is 9.36 Å². The second-order valence-corrected chi connectivity index (χ2v) is 10.9. The van der Waals surface area contributed by atoms with E-state index in [1.165, 1.54) is 5.69 Å². The molecule has 0 bridgehead atoms. The van der Waals surface area contributed by atoms with Crippen LogP contribution in [0.25, 0.3) is 11.2 Å². The zero-order chi connectivity index (χ0) is 29.2. The van der Waals surface area contributed by atoms with Crippen LogP contribution in [0.15, 0.2) is 48.7 Å². The molecule has 4 N–H and O–H groups in total. The number of nitrogens with zero attached hydrogens (tertiary/aromatic N) is 6. The molecule has 1 amide bonds. The molecule has 12 heteroatoms. The topological polar surface area (TPSA) is 138 Å². The van der Waals surface area contributed by atoms with Gasteiger partial charge in [0.05, 0.1) is 17.8 Å². The SMILES string of the molecule is N#Cc1cc(F)c(Nc2nc3cnc(N[C@@H]4CCCN(c5ccccc5)C4)nc3n2[C@H]2CC[C@H](C(N)=O)CC2)c(F)c1. The number of hydrogen-bond acceptors (Lipinski definition) is 8. The number of hydrogen-bond donors (Lipinski definition) is 3. The number of halogens is 2. The molecule has 10 nitrogen and oxygen atoms in total. The van der Waals surface area contributed by atoms with E-state index in [-0.39, 0.29) is 35.4 Å². The Hall–Kier alpha value is -4.79. The minimum atomic E-state index is -0.906. The van der Waals surface area contributed by atoms with Crippen molar-refractivity contribution < 1.29 is 13.6 Å². The second-order valence-electron chi connectivity index (χ2n) is 10.9. The lowest BCUT2D eigenvalue weighted by Gasteiger charge is -2.34. The molecule has 0 spiro atoms. The summed E-state index contributed by atoms with van der Waals surface area (Å²) in [6.45, 7) is 1.77. The van der Waals surface area contributed by atoms with E-state index in [1.807, 2.05) is 22.8 Å². The molecular formula is C30H31F2N9O. The highest BCUT2D eigenvalue weighted by atomic mass is 19.1. The first-order valence-corrected chi connectivity index (χ1v) is 14.2. The number of rotatable bonds is 7. The Morgan fingerprint density at radius 3 is 2.48 bits per heavy atom. The number of piperidine rings is 1. The minimum Gasteiger partial charge on any atom is -0.369 e. The number of amides is 1. The zero-order valence-corrected chi connectivity index (χ0v) is 22.9. The van der Waals surface area contributed by atoms with Crippen molar-refractivity contribution in [2.75, 3.05) is 28.6 Å². The van der Waals surface area contributed by atoms with Gasteiger partial charge < -0.3 is 21.3 Å². The van der Waals surface area contributed by atoms with Gasteiger partial charge in [0, 0.05) is 36.8 Å². The number of imidazole rings is 1. The molecule has 2 aromatic carbocycles. The number of nitrogens with two attached hydrogens (primary N) is 1. The molecule has 1 saturated carbocycles. The van der Waals surface area contributed by atoms with Crippen molar-refractivity contribution in [3.63, 3.8) is 0 Å². The van der Waals surface area contributed by atoms with E-state index in [0.29, 0.717) is 42.8 Å². The Morgan fingerprint density at radius 1 is 1.05 bits per heavy atom. The normalized spacial score (nSPS) is 20.7. The average molecular weight is 572 g/mol. The molecule has 0 radical (unpaired) electrons. The smallest absolute Gasteiger partial charge is 0.225 e. The maximum Gasteiger partial charge on any atom is 0.225 e. The molecule has 216 valence electrons. The van der Waals surface area contributed by atoms with Crippen LogP contribution < -0.4 is 21.3 Å². The fourth-order valence-electron chi connectivity index (χ4n) is 6.03. The summed E-state index contributed by atoms with van der Waals surface area (Å²) in [5.41, 5.74) is 7.17. The number of nitriles is 1. The van der Waals surface area contributed by atoms with Gasteiger partial charge in [0.2, 0.25) is 17.8 Å². The predicted molar refractivity (Wildman–Crippen MR) is 155 cm³/mol. The Balaban J connectivity index is 1.32. The summed E-state index contributed by atoms with van der Waals surface area (Å²) in [5.74, 6) is -1.71. The molecule has 2 aromatic heterocycles. The number of fused-ring (bicyclic) bond motifs is 1. The minimum absolute atomic E-state index is 0.121. The van der Waals surface area contributed by atoms with Crippen LogP contribution in [0.2, 0.25) is 0 Å². The maximum absolute atomic E-state index is 14.8. The van der Waals surface area contributed by atoms with Crippen LogP contribution in [-0.4, -0.2) is 44.6 Å².